The molecule has 0 radical (unpaired) electrons. The lowest BCUT2D eigenvalue weighted by atomic mass is 10.1. The number of hydrogen-bond donors (Lipinski definition) is 0. The molecule has 1 rings (SSSR count). The van der Waals surface area contributed by atoms with E-state index in [1.807, 2.05) is 31.2 Å². The largest absolute Gasteiger partial charge is 0.298 e. The van der Waals surface area contributed by atoms with Crippen LogP contribution in [0.15, 0.2) is 24.3 Å². The van der Waals surface area contributed by atoms with Gasteiger partial charge in [-0.15, -0.1) is 0 Å². The van der Waals surface area contributed by atoms with E-state index >= 15 is 0 Å². The molecule has 54 valence electrons. The summed E-state index contributed by atoms with van der Waals surface area (Å²) in [5.74, 6) is 0. The van der Waals surface area contributed by atoms with Crippen molar-refractivity contribution in [1.29, 1.82) is 0 Å². The van der Waals surface area contributed by atoms with Gasteiger partial charge < -0.3 is 0 Å². The van der Waals surface area contributed by atoms with Gasteiger partial charge in [0.05, 0.1) is 0 Å². The molecule has 0 fully saturated rings. The number of hydrogen-bond acceptors (Lipinski definition) is 1. The molecule has 0 amide bonds. The quantitative estimate of drug-likeness (QED) is 0.542. The summed E-state index contributed by atoms with van der Waals surface area (Å²) in [6.07, 6.45) is 0.870. The molecule has 1 aromatic carbocycles. The molecular weight excluding hydrogens is 124 g/mol. The van der Waals surface area contributed by atoms with Crippen molar-refractivity contribution in [2.24, 2.45) is 0 Å². The van der Waals surface area contributed by atoms with Crippen LogP contribution >= 0.6 is 0 Å². The van der Waals surface area contributed by atoms with Crippen LogP contribution in [0.4, 0.5) is 0 Å². The second-order valence-electron chi connectivity index (χ2n) is 1.97. The molecule has 0 unspecified atom stereocenters. The third-order valence-electron chi connectivity index (χ3n) is 1.32. The molecule has 10 heavy (non-hydrogen) atoms. The molecule has 0 aliphatic carbocycles. The second kappa shape index (κ2) is 3.83. The summed E-state index contributed by atoms with van der Waals surface area (Å²) in [5, 5.41) is 0. The van der Waals surface area contributed by atoms with Crippen molar-refractivity contribution < 1.29 is 4.79 Å². The highest BCUT2D eigenvalue weighted by atomic mass is 16.1. The normalized spacial score (nSPS) is 8.10. The van der Waals surface area contributed by atoms with E-state index in [-0.39, 0.29) is 7.43 Å². The van der Waals surface area contributed by atoms with Crippen LogP contribution in [0.1, 0.15) is 23.3 Å². The first-order valence-electron chi connectivity index (χ1n) is 2.85. The van der Waals surface area contributed by atoms with Gasteiger partial charge in [0.15, 0.2) is 0 Å². The lowest BCUT2D eigenvalue weighted by Gasteiger charge is -1.92. The van der Waals surface area contributed by atoms with Gasteiger partial charge in [-0.1, -0.05) is 31.7 Å². The molecule has 0 aliphatic rings. The summed E-state index contributed by atoms with van der Waals surface area (Å²) in [4.78, 5) is 10.2. The number of aryl methyl sites for hydroxylation is 1. The fraction of sp³-hybridized carbons (Fsp3) is 0.222. The fourth-order valence-corrected chi connectivity index (χ4v) is 0.719. The van der Waals surface area contributed by atoms with Gasteiger partial charge in [0.25, 0.3) is 0 Å². The summed E-state index contributed by atoms with van der Waals surface area (Å²) in [5.41, 5.74) is 1.81. The number of carbonyl (C=O) groups excluding carboxylic acids is 1. The Morgan fingerprint density at radius 1 is 1.30 bits per heavy atom. The van der Waals surface area contributed by atoms with Crippen molar-refractivity contribution in [1.82, 2.24) is 0 Å². The maximum absolute atomic E-state index is 10.2. The van der Waals surface area contributed by atoms with Crippen LogP contribution in [0.2, 0.25) is 0 Å². The zero-order valence-corrected chi connectivity index (χ0v) is 5.29. The van der Waals surface area contributed by atoms with Crippen LogP contribution in [0, 0.1) is 6.92 Å². The lowest BCUT2D eigenvalue weighted by molar-refractivity contribution is 0.112. The summed E-state index contributed by atoms with van der Waals surface area (Å²) in [6.45, 7) is 1.92. The van der Waals surface area contributed by atoms with Crippen LogP contribution in [-0.2, 0) is 0 Å². The van der Waals surface area contributed by atoms with Crippen LogP contribution in [0.25, 0.3) is 0 Å². The Bertz CT molecular complexity index is 216. The molecule has 0 aliphatic heterocycles. The predicted molar refractivity (Wildman–Crippen MR) is 43.3 cm³/mol. The molecule has 1 aromatic rings. The summed E-state index contributed by atoms with van der Waals surface area (Å²) >= 11 is 0. The van der Waals surface area contributed by atoms with Gasteiger partial charge in [0.1, 0.15) is 6.29 Å². The van der Waals surface area contributed by atoms with Crippen LogP contribution in [0.3, 0.4) is 0 Å². The summed E-state index contributed by atoms with van der Waals surface area (Å²) < 4.78 is 0. The first-order valence-corrected chi connectivity index (χ1v) is 2.85. The van der Waals surface area contributed by atoms with E-state index in [0.29, 0.717) is 0 Å². The molecule has 1 heteroatoms. The van der Waals surface area contributed by atoms with Gasteiger partial charge in [-0.3, -0.25) is 4.79 Å². The molecule has 0 aromatic heterocycles. The van der Waals surface area contributed by atoms with Crippen molar-refractivity contribution in [2.45, 2.75) is 14.4 Å². The van der Waals surface area contributed by atoms with Gasteiger partial charge in [-0.2, -0.15) is 0 Å². The van der Waals surface area contributed by atoms with E-state index < -0.39 is 0 Å². The van der Waals surface area contributed by atoms with Gasteiger partial charge in [-0.05, 0) is 12.5 Å². The number of benzene rings is 1. The molecule has 0 saturated carbocycles. The highest BCUT2D eigenvalue weighted by molar-refractivity contribution is 5.76. The van der Waals surface area contributed by atoms with Gasteiger partial charge in [0, 0.05) is 5.56 Å². The standard InChI is InChI=1S/C8H8O.CH4/c1-7-4-2-3-5-8(7)6-9;/h2-6H,1H3;1H4. The van der Waals surface area contributed by atoms with E-state index in [1.165, 1.54) is 0 Å². The Hall–Kier alpha value is -1.11. The minimum atomic E-state index is 0. The van der Waals surface area contributed by atoms with Crippen molar-refractivity contribution in [3.05, 3.63) is 35.4 Å². The molecule has 1 nitrogen and oxygen atoms in total. The van der Waals surface area contributed by atoms with Gasteiger partial charge in [0.2, 0.25) is 0 Å². The Kier molecular flexibility index (Phi) is 3.40. The third kappa shape index (κ3) is 1.69. The summed E-state index contributed by atoms with van der Waals surface area (Å²) in [7, 11) is 0. The predicted octanol–water partition coefficient (Wildman–Crippen LogP) is 2.44. The minimum Gasteiger partial charge on any atom is -0.298 e. The fourth-order valence-electron chi connectivity index (χ4n) is 0.719. The zero-order valence-electron chi connectivity index (χ0n) is 5.29. The Labute approximate surface area is 61.7 Å². The highest BCUT2D eigenvalue weighted by Crippen LogP contribution is 2.02. The van der Waals surface area contributed by atoms with Crippen molar-refractivity contribution in [3.8, 4) is 0 Å². The average molecular weight is 136 g/mol. The van der Waals surface area contributed by atoms with E-state index in [9.17, 15) is 4.79 Å². The highest BCUT2D eigenvalue weighted by Gasteiger charge is 1.90. The molecule has 0 bridgehead atoms. The zero-order chi connectivity index (χ0) is 6.69. The van der Waals surface area contributed by atoms with Gasteiger partial charge >= 0.3 is 0 Å². The first kappa shape index (κ1) is 8.89. The molecule has 0 heterocycles. The van der Waals surface area contributed by atoms with Crippen LogP contribution in [-0.4, -0.2) is 6.29 Å². The smallest absolute Gasteiger partial charge is 0.150 e. The molecule has 0 atom stereocenters. The molecule has 0 N–H and O–H groups in total. The van der Waals surface area contributed by atoms with E-state index in [1.54, 1.807) is 0 Å². The SMILES string of the molecule is C.Cc1ccccc1C=O. The minimum absolute atomic E-state index is 0. The maximum Gasteiger partial charge on any atom is 0.150 e. The number of rotatable bonds is 1. The van der Waals surface area contributed by atoms with Crippen molar-refractivity contribution in [3.63, 3.8) is 0 Å². The Morgan fingerprint density at radius 3 is 2.30 bits per heavy atom. The molecule has 0 spiro atoms. The van der Waals surface area contributed by atoms with E-state index in [0.717, 1.165) is 17.4 Å². The molecule has 0 saturated heterocycles. The van der Waals surface area contributed by atoms with Crippen LogP contribution < -0.4 is 0 Å². The number of carbonyl (C=O) groups is 1. The van der Waals surface area contributed by atoms with Crippen LogP contribution in [0.5, 0.6) is 0 Å². The second-order valence-corrected chi connectivity index (χ2v) is 1.97. The third-order valence-corrected chi connectivity index (χ3v) is 1.32. The number of aldehydes is 1. The van der Waals surface area contributed by atoms with Gasteiger partial charge in [-0.25, -0.2) is 0 Å². The molecular formula is C9H12O. The lowest BCUT2D eigenvalue weighted by Crippen LogP contribution is -1.82. The topological polar surface area (TPSA) is 17.1 Å². The Balaban J connectivity index is 0.000000810. The van der Waals surface area contributed by atoms with Crippen molar-refractivity contribution in [2.75, 3.05) is 0 Å². The summed E-state index contributed by atoms with van der Waals surface area (Å²) in [6, 6.07) is 7.51. The Morgan fingerprint density at radius 2 is 1.90 bits per heavy atom. The first-order chi connectivity index (χ1) is 4.34. The maximum atomic E-state index is 10.2. The van der Waals surface area contributed by atoms with E-state index in [4.69, 9.17) is 0 Å². The monoisotopic (exact) mass is 136 g/mol. The average Bonchev–Trinajstić information content (AvgIpc) is 1.89. The van der Waals surface area contributed by atoms with Crippen molar-refractivity contribution >= 4 is 6.29 Å². The van der Waals surface area contributed by atoms with E-state index in [2.05, 4.69) is 0 Å².